The lowest BCUT2D eigenvalue weighted by molar-refractivity contribution is -0.612. The van der Waals surface area contributed by atoms with Gasteiger partial charge in [0.05, 0.1) is 10.5 Å². The van der Waals surface area contributed by atoms with Crippen LogP contribution in [0.1, 0.15) is 5.56 Å². The van der Waals surface area contributed by atoms with Crippen molar-refractivity contribution in [3.05, 3.63) is 63.5 Å². The fraction of sp³-hybridized carbons (Fsp3) is 0.0833. The zero-order valence-electron chi connectivity index (χ0n) is 9.57. The van der Waals surface area contributed by atoms with E-state index in [1.807, 2.05) is 0 Å². The predicted molar refractivity (Wildman–Crippen MR) is 63.3 cm³/mol. The number of nitrogens with zero attached hydrogens (tertiary/aromatic N) is 2. The molecule has 0 unspecified atom stereocenters. The number of pyridine rings is 1. The Morgan fingerprint density at radius 3 is 2.56 bits per heavy atom. The molecule has 0 aliphatic carbocycles. The molecule has 2 aromatic rings. The lowest BCUT2D eigenvalue weighted by Crippen LogP contribution is -2.28. The van der Waals surface area contributed by atoms with Crippen LogP contribution in [0.2, 0.25) is 0 Å². The number of para-hydroxylation sites is 1. The van der Waals surface area contributed by atoms with Crippen molar-refractivity contribution < 1.29 is 14.4 Å². The fourth-order valence-corrected chi connectivity index (χ4v) is 1.48. The summed E-state index contributed by atoms with van der Waals surface area (Å²) in [6, 6.07) is 9.72. The van der Waals surface area contributed by atoms with Crippen LogP contribution in [0.3, 0.4) is 0 Å². The molecule has 0 radical (unpaired) electrons. The Morgan fingerprint density at radius 2 is 1.94 bits per heavy atom. The topological polar surface area (TPSA) is 79.3 Å². The second-order valence-electron chi connectivity index (χ2n) is 3.68. The first-order valence-electron chi connectivity index (χ1n) is 5.19. The molecular formula is C12H10N2O4. The highest BCUT2D eigenvalue weighted by Gasteiger charge is 2.20. The van der Waals surface area contributed by atoms with Crippen molar-refractivity contribution >= 4 is 5.69 Å². The van der Waals surface area contributed by atoms with Crippen LogP contribution in [0.25, 0.3) is 0 Å². The lowest BCUT2D eigenvalue weighted by Gasteiger charge is -2.06. The van der Waals surface area contributed by atoms with Crippen molar-refractivity contribution in [3.63, 3.8) is 0 Å². The summed E-state index contributed by atoms with van der Waals surface area (Å²) in [5, 5.41) is 22.4. The van der Waals surface area contributed by atoms with Gasteiger partial charge in [-0.2, -0.15) is 0 Å². The molecule has 0 saturated carbocycles. The maximum absolute atomic E-state index is 11.6. The van der Waals surface area contributed by atoms with Crippen LogP contribution in [0.15, 0.2) is 42.6 Å². The molecule has 1 heterocycles. The van der Waals surface area contributed by atoms with Gasteiger partial charge in [-0.25, -0.2) is 0 Å². The summed E-state index contributed by atoms with van der Waals surface area (Å²) in [5.41, 5.74) is 0.142. The molecule has 0 fully saturated rings. The number of rotatable bonds is 3. The summed E-state index contributed by atoms with van der Waals surface area (Å²) in [6.45, 7) is 1.50. The largest absolute Gasteiger partial charge is 0.616 e. The van der Waals surface area contributed by atoms with Gasteiger partial charge in [-0.15, -0.1) is 4.73 Å². The normalized spacial score (nSPS) is 10.1. The van der Waals surface area contributed by atoms with Gasteiger partial charge < -0.3 is 9.94 Å². The number of aromatic nitrogens is 1. The molecule has 1 aromatic carbocycles. The van der Waals surface area contributed by atoms with Crippen molar-refractivity contribution in [2.75, 3.05) is 0 Å². The van der Waals surface area contributed by atoms with Crippen LogP contribution in [0.5, 0.6) is 11.6 Å². The van der Waals surface area contributed by atoms with Gasteiger partial charge in [0.2, 0.25) is 0 Å². The van der Waals surface area contributed by atoms with E-state index in [-0.39, 0.29) is 17.1 Å². The zero-order valence-corrected chi connectivity index (χ0v) is 9.57. The highest BCUT2D eigenvalue weighted by Crippen LogP contribution is 2.23. The Bertz CT molecular complexity index is 584. The summed E-state index contributed by atoms with van der Waals surface area (Å²) in [5.74, 6) is 0.318. The van der Waals surface area contributed by atoms with Gasteiger partial charge in [0.25, 0.3) is 5.69 Å². The maximum Gasteiger partial charge on any atom is 0.391 e. The molecular weight excluding hydrogens is 236 g/mol. The van der Waals surface area contributed by atoms with E-state index in [0.29, 0.717) is 10.5 Å². The fourth-order valence-electron chi connectivity index (χ4n) is 1.48. The number of ether oxygens (including phenoxy) is 1. The zero-order chi connectivity index (χ0) is 13.1. The molecule has 0 spiro atoms. The van der Waals surface area contributed by atoms with Crippen molar-refractivity contribution in [1.29, 1.82) is 0 Å². The van der Waals surface area contributed by atoms with Gasteiger partial charge >= 0.3 is 5.88 Å². The average Bonchev–Trinajstić information content (AvgIpc) is 2.33. The Hall–Kier alpha value is -2.63. The second kappa shape index (κ2) is 4.70. The van der Waals surface area contributed by atoms with Crippen LogP contribution in [-0.2, 0) is 0 Å². The highest BCUT2D eigenvalue weighted by atomic mass is 16.6. The Labute approximate surface area is 103 Å². The standard InChI is InChI=1S/C12H10N2O4/c1-9-8-13(15)12(7-11(9)14(16)17)18-10-5-3-2-4-6-10/h2-8H,1H3. The number of hydrogen-bond acceptors (Lipinski definition) is 4. The van der Waals surface area contributed by atoms with Crippen LogP contribution in [-0.4, -0.2) is 4.92 Å². The van der Waals surface area contributed by atoms with Gasteiger partial charge in [0.1, 0.15) is 11.8 Å². The van der Waals surface area contributed by atoms with Crippen LogP contribution in [0.4, 0.5) is 5.69 Å². The van der Waals surface area contributed by atoms with Gasteiger partial charge in [0, 0.05) is 0 Å². The molecule has 0 bridgehead atoms. The van der Waals surface area contributed by atoms with Crippen molar-refractivity contribution in [2.24, 2.45) is 0 Å². The summed E-state index contributed by atoms with van der Waals surface area (Å²) in [6.07, 6.45) is 1.12. The van der Waals surface area contributed by atoms with E-state index in [0.717, 1.165) is 12.3 Å². The van der Waals surface area contributed by atoms with E-state index in [4.69, 9.17) is 4.74 Å². The van der Waals surface area contributed by atoms with Gasteiger partial charge in [-0.1, -0.05) is 18.2 Å². The predicted octanol–water partition coefficient (Wildman–Crippen LogP) is 2.33. The third kappa shape index (κ3) is 2.37. The minimum Gasteiger partial charge on any atom is -0.616 e. The minimum atomic E-state index is -0.548. The second-order valence-corrected chi connectivity index (χ2v) is 3.68. The quantitative estimate of drug-likeness (QED) is 0.360. The van der Waals surface area contributed by atoms with E-state index < -0.39 is 4.92 Å². The van der Waals surface area contributed by atoms with E-state index in [2.05, 4.69) is 0 Å². The first-order valence-corrected chi connectivity index (χ1v) is 5.19. The van der Waals surface area contributed by atoms with Gasteiger partial charge in [-0.3, -0.25) is 10.1 Å². The van der Waals surface area contributed by atoms with Crippen molar-refractivity contribution in [3.8, 4) is 11.6 Å². The molecule has 2 rings (SSSR count). The minimum absolute atomic E-state index is 0.126. The molecule has 0 saturated heterocycles. The van der Waals surface area contributed by atoms with Crippen LogP contribution in [0, 0.1) is 22.2 Å². The first-order chi connectivity index (χ1) is 8.58. The third-order valence-electron chi connectivity index (χ3n) is 2.35. The number of benzene rings is 1. The third-order valence-corrected chi connectivity index (χ3v) is 2.35. The molecule has 6 heteroatoms. The highest BCUT2D eigenvalue weighted by molar-refractivity contribution is 5.39. The summed E-state index contributed by atoms with van der Waals surface area (Å²) >= 11 is 0. The van der Waals surface area contributed by atoms with E-state index in [9.17, 15) is 15.3 Å². The Morgan fingerprint density at radius 1 is 1.28 bits per heavy atom. The molecule has 0 aliphatic heterocycles. The number of aryl methyl sites for hydroxylation is 1. The Kier molecular flexibility index (Phi) is 3.09. The van der Waals surface area contributed by atoms with E-state index in [1.54, 1.807) is 30.3 Å². The Balaban J connectivity index is 2.39. The monoisotopic (exact) mass is 246 g/mol. The summed E-state index contributed by atoms with van der Waals surface area (Å²) in [7, 11) is 0. The van der Waals surface area contributed by atoms with Gasteiger partial charge in [-0.05, 0) is 19.1 Å². The molecule has 1 aromatic heterocycles. The SMILES string of the molecule is Cc1c[n+]([O-])c(Oc2ccccc2)cc1[N+](=O)[O-]. The molecule has 0 atom stereocenters. The lowest BCUT2D eigenvalue weighted by atomic mass is 10.2. The molecule has 0 amide bonds. The molecule has 18 heavy (non-hydrogen) atoms. The smallest absolute Gasteiger partial charge is 0.391 e. The maximum atomic E-state index is 11.6. The van der Waals surface area contributed by atoms with Crippen LogP contribution >= 0.6 is 0 Å². The van der Waals surface area contributed by atoms with Crippen molar-refractivity contribution in [1.82, 2.24) is 0 Å². The molecule has 92 valence electrons. The molecule has 6 nitrogen and oxygen atoms in total. The van der Waals surface area contributed by atoms with Crippen molar-refractivity contribution in [2.45, 2.75) is 6.92 Å². The number of hydrogen-bond donors (Lipinski definition) is 0. The molecule has 0 aliphatic rings. The summed E-state index contributed by atoms with van der Waals surface area (Å²) in [4.78, 5) is 10.2. The van der Waals surface area contributed by atoms with E-state index in [1.165, 1.54) is 6.92 Å². The van der Waals surface area contributed by atoms with E-state index >= 15 is 0 Å². The first kappa shape index (κ1) is 11.8. The average molecular weight is 246 g/mol. The van der Waals surface area contributed by atoms with Gasteiger partial charge in [0.15, 0.2) is 6.20 Å². The summed E-state index contributed by atoms with van der Waals surface area (Å²) < 4.78 is 5.77. The van der Waals surface area contributed by atoms with Crippen LogP contribution < -0.4 is 9.47 Å². The number of nitro groups is 1. The molecule has 0 N–H and O–H groups in total.